The van der Waals surface area contributed by atoms with Gasteiger partial charge in [-0.2, -0.15) is 0 Å². The van der Waals surface area contributed by atoms with E-state index in [4.69, 9.17) is 23.7 Å². The molecule has 16 rings (SSSR count). The Labute approximate surface area is 789 Å². The molecular weight excluding hydrogens is 1890 g/mol. The number of nitrogens with one attached hydrogen (secondary N) is 8. The number of carbonyl (C=O) groups excluding carboxylic acids is 4. The molecule has 8 aromatic carbocycles. The zero-order valence-electron chi connectivity index (χ0n) is 72.7. The molecule has 0 atom stereocenters. The summed E-state index contributed by atoms with van der Waals surface area (Å²) in [4.78, 5) is 70.5. The molecule has 0 radical (unpaired) electrons. The van der Waals surface area contributed by atoms with E-state index < -0.39 is 31.4 Å². The number of aromatic nitrogens is 4. The normalized spacial score (nSPS) is 11.3. The van der Waals surface area contributed by atoms with Gasteiger partial charge in [-0.05, 0) is 259 Å². The van der Waals surface area contributed by atoms with Crippen molar-refractivity contribution in [2.24, 2.45) is 0 Å². The number of anilines is 8. The number of rotatable bonds is 31. The first-order valence-corrected chi connectivity index (χ1v) is 44.5. The number of ether oxygens (including phenoxy) is 9. The summed E-state index contributed by atoms with van der Waals surface area (Å²) in [6.07, 6.45) is -12.2. The van der Waals surface area contributed by atoms with Gasteiger partial charge in [-0.25, -0.2) is 0 Å². The molecule has 0 bridgehead atoms. The highest BCUT2D eigenvalue weighted by molar-refractivity contribution is 7.14. The Hall–Kier alpha value is -15.4. The van der Waals surface area contributed by atoms with E-state index in [1.165, 1.54) is 93.9 Å². The lowest BCUT2D eigenvalue weighted by molar-refractivity contribution is -0.275. The molecule has 8 heterocycles. The van der Waals surface area contributed by atoms with E-state index in [2.05, 4.69) is 81.4 Å². The van der Waals surface area contributed by atoms with Crippen molar-refractivity contribution in [3.05, 3.63) is 300 Å². The number of hydrogen-bond donors (Lipinski definition) is 8. The molecule has 16 aromatic rings. The molecule has 41 heteroatoms. The number of benzene rings is 8. The van der Waals surface area contributed by atoms with E-state index in [1.54, 1.807) is 98.0 Å². The van der Waals surface area contributed by atoms with Crippen LogP contribution in [0.5, 0.6) is 51.7 Å². The molecule has 0 aliphatic rings. The summed E-state index contributed by atoms with van der Waals surface area (Å²) < 4.78 is 191. The third-order valence-electron chi connectivity index (χ3n) is 19.4. The van der Waals surface area contributed by atoms with E-state index in [-0.39, 0.29) is 46.8 Å². The van der Waals surface area contributed by atoms with Gasteiger partial charge in [0.2, 0.25) is 0 Å². The fourth-order valence-corrected chi connectivity index (χ4v) is 16.5. The summed E-state index contributed by atoms with van der Waals surface area (Å²) >= 11 is 5.00. The lowest BCUT2D eigenvalue weighted by Gasteiger charge is -2.14. The van der Waals surface area contributed by atoms with E-state index >= 15 is 0 Å². The number of thiophene rings is 4. The molecule has 0 fully saturated rings. The van der Waals surface area contributed by atoms with Gasteiger partial charge in [0.15, 0.2) is 0 Å². The van der Waals surface area contributed by atoms with Gasteiger partial charge in [0.05, 0.1) is 78.9 Å². The number of alkyl halides is 12. The Morgan fingerprint density at radius 2 is 0.628 bits per heavy atom. The fourth-order valence-electron chi connectivity index (χ4n) is 13.4. The predicted molar refractivity (Wildman–Crippen MR) is 504 cm³/mol. The molecule has 8 aromatic heterocycles. The lowest BCUT2D eigenvalue weighted by atomic mass is 10.1. The van der Waals surface area contributed by atoms with Gasteiger partial charge in [-0.3, -0.25) is 39.1 Å². The molecule has 0 aliphatic heterocycles. The average Bonchev–Trinajstić information content (AvgIpc) is 1.80. The van der Waals surface area contributed by atoms with E-state index in [9.17, 15) is 71.9 Å². The van der Waals surface area contributed by atoms with Crippen LogP contribution in [-0.4, -0.2) is 103 Å². The Morgan fingerprint density at radius 1 is 0.321 bits per heavy atom. The molecule has 0 spiro atoms. The number of amides is 4. The van der Waals surface area contributed by atoms with Crippen molar-refractivity contribution in [2.45, 2.75) is 78.5 Å². The summed E-state index contributed by atoms with van der Waals surface area (Å²) in [6.45, 7) is 8.16. The molecule has 0 aliphatic carbocycles. The van der Waals surface area contributed by atoms with Gasteiger partial charge in [0.25, 0.3) is 23.6 Å². The summed E-state index contributed by atoms with van der Waals surface area (Å²) in [7, 11) is 4.74. The minimum Gasteiger partial charge on any atom is -0.497 e. The Balaban J connectivity index is 0.000000154. The molecular formula is C96H80F12N12O13S4. The molecule has 4 amide bonds. The van der Waals surface area contributed by atoms with Crippen molar-refractivity contribution in [3.8, 4) is 51.7 Å². The first kappa shape index (κ1) is 99.1. The molecule has 710 valence electrons. The molecule has 25 nitrogen and oxygen atoms in total. The maximum absolute atomic E-state index is 12.8. The average molecular weight is 1970 g/mol. The molecule has 137 heavy (non-hydrogen) atoms. The lowest BCUT2D eigenvalue weighted by Crippen LogP contribution is -2.17. The summed E-state index contributed by atoms with van der Waals surface area (Å²) in [6, 6.07) is 55.3. The van der Waals surface area contributed by atoms with Gasteiger partial charge < -0.3 is 85.2 Å². The number of hydrogen-bond acceptors (Lipinski definition) is 25. The third kappa shape index (κ3) is 28.4. The van der Waals surface area contributed by atoms with Crippen LogP contribution in [0.25, 0.3) is 43.6 Å². The van der Waals surface area contributed by atoms with Crippen LogP contribution in [0.2, 0.25) is 0 Å². The van der Waals surface area contributed by atoms with Crippen molar-refractivity contribution < 1.29 is 114 Å². The van der Waals surface area contributed by atoms with Crippen molar-refractivity contribution in [1.82, 2.24) is 19.9 Å². The van der Waals surface area contributed by atoms with Gasteiger partial charge in [-0.1, -0.05) is 0 Å². The van der Waals surface area contributed by atoms with Crippen LogP contribution in [0.15, 0.2) is 259 Å². The second kappa shape index (κ2) is 45.1. The van der Waals surface area contributed by atoms with Gasteiger partial charge in [0, 0.05) is 113 Å². The van der Waals surface area contributed by atoms with Crippen LogP contribution in [0.3, 0.4) is 0 Å². The number of nitrogens with zero attached hydrogens (tertiary/aromatic N) is 4. The summed E-state index contributed by atoms with van der Waals surface area (Å²) in [5.41, 5.74) is 11.0. The highest BCUT2D eigenvalue weighted by Gasteiger charge is 2.34. The highest BCUT2D eigenvalue weighted by atomic mass is 32.1. The summed E-state index contributed by atoms with van der Waals surface area (Å²) in [5.74, 6) is 0.501. The van der Waals surface area contributed by atoms with Crippen LogP contribution in [0, 0.1) is 0 Å². The number of pyridine rings is 4. The molecule has 0 saturated heterocycles. The first-order chi connectivity index (χ1) is 65.6. The van der Waals surface area contributed by atoms with Crippen molar-refractivity contribution in [2.75, 3.05) is 70.5 Å². The van der Waals surface area contributed by atoms with Crippen molar-refractivity contribution >= 4 is 158 Å². The number of halogens is 12. The quantitative estimate of drug-likeness (QED) is 0.0187. The van der Waals surface area contributed by atoms with Gasteiger partial charge >= 0.3 is 25.4 Å². The van der Waals surface area contributed by atoms with E-state index in [1.807, 2.05) is 106 Å². The summed E-state index contributed by atoms with van der Waals surface area (Å²) in [5, 5.41) is 34.7. The SMILES string of the molecule is CC(C)Oc1ccc2nccc(CNc3ccsc3C(=O)Nc3ccc(OC(F)(F)F)cc3)c2c1.CCOc1ccc2nccc(CNc3ccsc3C(=O)Nc3ccc(OC(F)(F)F)cc3)c2c1.COc1cc(OC)c2c(CNc3ccsc3C(=O)Nc3ccc(OC(F)(F)F)cc3)ccnc2c1.COc1ccc2c(CNc3ccsc3C(=O)Nc3ccc(OC(F)(F)F)cc3)ccnc2c1. The smallest absolute Gasteiger partial charge is 0.497 e. The number of carbonyl (C=O) groups is 4. The Morgan fingerprint density at radius 3 is 0.971 bits per heavy atom. The maximum Gasteiger partial charge on any atom is 0.573 e. The second-order valence-electron chi connectivity index (χ2n) is 29.1. The Bertz CT molecular complexity index is 6850. The second-order valence-corrected chi connectivity index (χ2v) is 32.8. The van der Waals surface area contributed by atoms with Crippen molar-refractivity contribution in [1.29, 1.82) is 0 Å². The monoisotopic (exact) mass is 1960 g/mol. The standard InChI is InChI=1S/C25H22F3N3O3S.C24H20F3N3O4S.C24H20F3N3O3S.C23H18F3N3O3S/c1-15(2)33-19-7-8-21-20(13-19)16(9-11-29-21)14-30-22-10-12-35-23(22)24(32)31-17-3-5-18(6-4-17)34-25(26,27)28;1-32-17-11-19-21(20(12-17)33-2)14(7-9-28-19)13-29-18-8-10-35-22(18)23(31)30-15-3-5-16(6-4-15)34-24(25,26)27;1-2-32-18-7-8-20-19(13-18)15(9-11-28-20)14-29-21-10-12-34-22(21)23(31)30-16-3-5-17(6-4-16)33-24(25,26)27;1-31-17-6-7-18-14(8-10-27-20(18)12-17)13-28-19-9-11-33-21(19)22(30)29-15-2-4-16(5-3-15)32-23(24,25)26/h3-13,15,30H,14H2,1-2H3,(H,31,32);3-12,29H,13H2,1-2H3,(H,30,31);3-13,29H,2,14H2,1H3,(H,30,31);2-12,28H,13H2,1H3,(H,29,30). The first-order valence-electron chi connectivity index (χ1n) is 41.0. The van der Waals surface area contributed by atoms with Crippen LogP contribution >= 0.6 is 45.3 Å². The van der Waals surface area contributed by atoms with Crippen LogP contribution < -0.4 is 85.2 Å². The van der Waals surface area contributed by atoms with Crippen LogP contribution in [0.1, 0.15) is 81.7 Å². The molecule has 8 N–H and O–H groups in total. The Kier molecular flexibility index (Phi) is 32.6. The topological polar surface area (TPSA) is 299 Å². The minimum absolute atomic E-state index is 0.0472. The van der Waals surface area contributed by atoms with E-state index in [0.29, 0.717) is 115 Å². The maximum atomic E-state index is 12.8. The van der Waals surface area contributed by atoms with Crippen molar-refractivity contribution in [3.63, 3.8) is 0 Å². The zero-order valence-corrected chi connectivity index (χ0v) is 76.0. The van der Waals surface area contributed by atoms with E-state index in [0.717, 1.165) is 126 Å². The van der Waals surface area contributed by atoms with Crippen LogP contribution in [0.4, 0.5) is 98.2 Å². The fraction of sp³-hybridized carbons (Fsp3) is 0.167. The number of methoxy groups -OCH3 is 3. The van der Waals surface area contributed by atoms with Crippen LogP contribution in [-0.2, 0) is 26.2 Å². The number of fused-ring (bicyclic) bond motifs is 4. The highest BCUT2D eigenvalue weighted by Crippen LogP contribution is 2.38. The molecule has 0 unspecified atom stereocenters. The zero-order chi connectivity index (χ0) is 97.6. The minimum atomic E-state index is -4.78. The third-order valence-corrected chi connectivity index (χ3v) is 23.0. The molecule has 0 saturated carbocycles. The predicted octanol–water partition coefficient (Wildman–Crippen LogP) is 25.4. The van der Waals surface area contributed by atoms with Gasteiger partial charge in [-0.15, -0.1) is 98.0 Å². The largest absolute Gasteiger partial charge is 0.573 e. The van der Waals surface area contributed by atoms with Gasteiger partial charge in [0.1, 0.15) is 71.3 Å².